The second-order valence-electron chi connectivity index (χ2n) is 6.84. The van der Waals surface area contributed by atoms with Crippen LogP contribution < -0.4 is 15.0 Å². The number of nitro benzene ring substituents is 1. The van der Waals surface area contributed by atoms with Crippen molar-refractivity contribution >= 4 is 23.2 Å². The van der Waals surface area contributed by atoms with Gasteiger partial charge in [0.15, 0.2) is 6.61 Å². The van der Waals surface area contributed by atoms with Crippen LogP contribution in [0.1, 0.15) is 6.42 Å². The Balaban J connectivity index is 1.32. The lowest BCUT2D eigenvalue weighted by Gasteiger charge is -2.36. The van der Waals surface area contributed by atoms with Crippen LogP contribution in [0.3, 0.4) is 0 Å². The summed E-state index contributed by atoms with van der Waals surface area (Å²) in [5.74, 6) is 0.0254. The molecule has 0 radical (unpaired) electrons. The van der Waals surface area contributed by atoms with Gasteiger partial charge in [0.05, 0.1) is 4.92 Å². The van der Waals surface area contributed by atoms with Crippen LogP contribution >= 0.6 is 0 Å². The molecule has 9 heteroatoms. The van der Waals surface area contributed by atoms with Crippen LogP contribution in [-0.2, 0) is 9.59 Å². The van der Waals surface area contributed by atoms with Crippen LogP contribution in [0.5, 0.6) is 5.75 Å². The van der Waals surface area contributed by atoms with E-state index in [1.807, 2.05) is 23.1 Å². The summed E-state index contributed by atoms with van der Waals surface area (Å²) in [6.45, 7) is 2.90. The first-order chi connectivity index (χ1) is 14.5. The molecule has 0 bridgehead atoms. The lowest BCUT2D eigenvalue weighted by Crippen LogP contribution is -2.49. The first kappa shape index (κ1) is 21.1. The Bertz CT molecular complexity index is 865. The topological polar surface area (TPSA) is 105 Å². The molecule has 0 aliphatic carbocycles. The van der Waals surface area contributed by atoms with Gasteiger partial charge in [-0.1, -0.05) is 18.2 Å². The minimum atomic E-state index is -0.505. The van der Waals surface area contributed by atoms with Crippen molar-refractivity contribution in [1.82, 2.24) is 10.2 Å². The van der Waals surface area contributed by atoms with Crippen LogP contribution in [0, 0.1) is 10.1 Å². The highest BCUT2D eigenvalue weighted by atomic mass is 16.6. The van der Waals surface area contributed by atoms with Crippen LogP contribution in [0.2, 0.25) is 0 Å². The van der Waals surface area contributed by atoms with E-state index in [9.17, 15) is 19.7 Å². The normalized spacial score (nSPS) is 13.6. The summed E-state index contributed by atoms with van der Waals surface area (Å²) in [6, 6.07) is 15.6. The molecule has 30 heavy (non-hydrogen) atoms. The molecule has 2 amide bonds. The molecular weight excluding hydrogens is 388 g/mol. The van der Waals surface area contributed by atoms with Crippen LogP contribution in [-0.4, -0.2) is 61.0 Å². The molecule has 0 unspecified atom stereocenters. The Morgan fingerprint density at radius 3 is 2.30 bits per heavy atom. The van der Waals surface area contributed by atoms with E-state index in [-0.39, 0.29) is 37.1 Å². The van der Waals surface area contributed by atoms with Gasteiger partial charge < -0.3 is 19.9 Å². The Morgan fingerprint density at radius 1 is 1.00 bits per heavy atom. The number of nitrogens with zero attached hydrogens (tertiary/aromatic N) is 3. The number of hydrogen-bond donors (Lipinski definition) is 1. The van der Waals surface area contributed by atoms with Gasteiger partial charge in [0, 0.05) is 57.0 Å². The summed E-state index contributed by atoms with van der Waals surface area (Å²) in [5, 5.41) is 13.3. The number of anilines is 1. The van der Waals surface area contributed by atoms with Crippen molar-refractivity contribution < 1.29 is 19.2 Å². The summed E-state index contributed by atoms with van der Waals surface area (Å²) in [4.78, 5) is 38.4. The molecule has 9 nitrogen and oxygen atoms in total. The third-order valence-corrected chi connectivity index (χ3v) is 4.83. The Labute approximate surface area is 174 Å². The highest BCUT2D eigenvalue weighted by Crippen LogP contribution is 2.17. The van der Waals surface area contributed by atoms with Crippen molar-refractivity contribution in [2.75, 3.05) is 44.2 Å². The van der Waals surface area contributed by atoms with Crippen molar-refractivity contribution in [2.24, 2.45) is 0 Å². The van der Waals surface area contributed by atoms with Crippen molar-refractivity contribution in [1.29, 1.82) is 0 Å². The first-order valence-electron chi connectivity index (χ1n) is 9.74. The summed E-state index contributed by atoms with van der Waals surface area (Å²) < 4.78 is 5.29. The monoisotopic (exact) mass is 412 g/mol. The van der Waals surface area contributed by atoms with Gasteiger partial charge in [0.2, 0.25) is 5.91 Å². The molecule has 1 heterocycles. The van der Waals surface area contributed by atoms with Crippen molar-refractivity contribution in [3.8, 4) is 5.75 Å². The molecule has 1 saturated heterocycles. The molecule has 1 aliphatic rings. The number of piperazine rings is 1. The fraction of sp³-hybridized carbons (Fsp3) is 0.333. The fourth-order valence-electron chi connectivity index (χ4n) is 3.18. The maximum absolute atomic E-state index is 12.4. The van der Waals surface area contributed by atoms with Gasteiger partial charge >= 0.3 is 0 Å². The highest BCUT2D eigenvalue weighted by molar-refractivity contribution is 5.80. The van der Waals surface area contributed by atoms with Crippen molar-refractivity contribution in [2.45, 2.75) is 6.42 Å². The second kappa shape index (κ2) is 10.2. The summed E-state index contributed by atoms with van der Waals surface area (Å²) in [5.41, 5.74) is 1.11. The molecule has 158 valence electrons. The SMILES string of the molecule is O=C(COc1ccc([N+](=O)[O-])cc1)NCCC(=O)N1CCN(c2ccccc2)CC1. The van der Waals surface area contributed by atoms with Gasteiger partial charge in [-0.2, -0.15) is 0 Å². The van der Waals surface area contributed by atoms with Crippen LogP contribution in [0.15, 0.2) is 54.6 Å². The number of amides is 2. The Hall–Kier alpha value is -3.62. The number of rotatable bonds is 8. The van der Waals surface area contributed by atoms with E-state index >= 15 is 0 Å². The molecule has 0 saturated carbocycles. The second-order valence-corrected chi connectivity index (χ2v) is 6.84. The van der Waals surface area contributed by atoms with Gasteiger partial charge in [0.25, 0.3) is 11.6 Å². The molecule has 1 N–H and O–H groups in total. The van der Waals surface area contributed by atoms with E-state index in [4.69, 9.17) is 4.74 Å². The van der Waals surface area contributed by atoms with Gasteiger partial charge in [-0.05, 0) is 24.3 Å². The molecule has 2 aromatic carbocycles. The molecule has 0 spiro atoms. The number of carbonyl (C=O) groups is 2. The predicted molar refractivity (Wildman–Crippen MR) is 111 cm³/mol. The molecule has 2 aromatic rings. The standard InChI is InChI=1S/C21H24N4O5/c26-20(16-30-19-8-6-18(7-9-19)25(28)29)22-11-10-21(27)24-14-12-23(13-15-24)17-4-2-1-3-5-17/h1-9H,10-16H2,(H,22,26). The summed E-state index contributed by atoms with van der Waals surface area (Å²) in [7, 11) is 0. The molecular formula is C21H24N4O5. The lowest BCUT2D eigenvalue weighted by molar-refractivity contribution is -0.384. The lowest BCUT2D eigenvalue weighted by atomic mass is 10.2. The fourth-order valence-corrected chi connectivity index (χ4v) is 3.18. The quantitative estimate of drug-likeness (QED) is 0.524. The number of carbonyl (C=O) groups excluding carboxylic acids is 2. The maximum atomic E-state index is 12.4. The number of hydrogen-bond acceptors (Lipinski definition) is 6. The predicted octanol–water partition coefficient (Wildman–Crippen LogP) is 1.83. The van der Waals surface area contributed by atoms with E-state index in [1.54, 1.807) is 0 Å². The third-order valence-electron chi connectivity index (χ3n) is 4.83. The first-order valence-corrected chi connectivity index (χ1v) is 9.74. The molecule has 0 atom stereocenters. The van der Waals surface area contributed by atoms with Gasteiger partial charge in [0.1, 0.15) is 5.75 Å². The number of para-hydroxylation sites is 1. The average molecular weight is 412 g/mol. The third kappa shape index (κ3) is 5.94. The number of non-ortho nitro benzene ring substituents is 1. The van der Waals surface area contributed by atoms with E-state index in [0.29, 0.717) is 18.8 Å². The van der Waals surface area contributed by atoms with E-state index < -0.39 is 4.92 Å². The zero-order chi connectivity index (χ0) is 21.3. The zero-order valence-corrected chi connectivity index (χ0v) is 16.5. The number of nitrogens with one attached hydrogen (secondary N) is 1. The van der Waals surface area contributed by atoms with Gasteiger partial charge in [-0.25, -0.2) is 0 Å². The number of benzene rings is 2. The number of nitro groups is 1. The molecule has 1 fully saturated rings. The largest absolute Gasteiger partial charge is 0.484 e. The zero-order valence-electron chi connectivity index (χ0n) is 16.5. The minimum Gasteiger partial charge on any atom is -0.484 e. The molecule has 0 aromatic heterocycles. The van der Waals surface area contributed by atoms with E-state index in [0.717, 1.165) is 18.8 Å². The molecule has 3 rings (SSSR count). The molecule has 1 aliphatic heterocycles. The highest BCUT2D eigenvalue weighted by Gasteiger charge is 2.21. The smallest absolute Gasteiger partial charge is 0.269 e. The van der Waals surface area contributed by atoms with Crippen LogP contribution in [0.25, 0.3) is 0 Å². The minimum absolute atomic E-state index is 0.0132. The van der Waals surface area contributed by atoms with Gasteiger partial charge in [-0.3, -0.25) is 19.7 Å². The van der Waals surface area contributed by atoms with Gasteiger partial charge in [-0.15, -0.1) is 0 Å². The maximum Gasteiger partial charge on any atom is 0.269 e. The summed E-state index contributed by atoms with van der Waals surface area (Å²) in [6.07, 6.45) is 0.231. The number of ether oxygens (including phenoxy) is 1. The van der Waals surface area contributed by atoms with Crippen molar-refractivity contribution in [3.63, 3.8) is 0 Å². The van der Waals surface area contributed by atoms with Crippen LogP contribution in [0.4, 0.5) is 11.4 Å². The average Bonchev–Trinajstić information content (AvgIpc) is 2.78. The summed E-state index contributed by atoms with van der Waals surface area (Å²) >= 11 is 0. The Morgan fingerprint density at radius 2 is 1.67 bits per heavy atom. The van der Waals surface area contributed by atoms with E-state index in [1.165, 1.54) is 24.3 Å². The van der Waals surface area contributed by atoms with E-state index in [2.05, 4.69) is 22.3 Å². The Kier molecular flexibility index (Phi) is 7.20. The van der Waals surface area contributed by atoms with Crippen molar-refractivity contribution in [3.05, 3.63) is 64.7 Å².